The molecule has 16 heavy (non-hydrogen) atoms. The third-order valence-electron chi connectivity index (χ3n) is 3.65. The predicted octanol–water partition coefficient (Wildman–Crippen LogP) is 3.18. The van der Waals surface area contributed by atoms with E-state index >= 15 is 0 Å². The minimum absolute atomic E-state index is 0.750. The summed E-state index contributed by atoms with van der Waals surface area (Å²) >= 11 is 0. The molecule has 2 unspecified atom stereocenters. The Hall–Kier alpha value is -0.760. The van der Waals surface area contributed by atoms with Gasteiger partial charge in [0.25, 0.3) is 0 Å². The summed E-state index contributed by atoms with van der Waals surface area (Å²) in [5, 5.41) is 3.69. The van der Waals surface area contributed by atoms with E-state index in [4.69, 9.17) is 0 Å². The zero-order valence-electron chi connectivity index (χ0n) is 10.6. The highest BCUT2D eigenvalue weighted by Gasteiger charge is 2.20. The Morgan fingerprint density at radius 1 is 1.44 bits per heavy atom. The quantitative estimate of drug-likeness (QED) is 0.806. The molecule has 0 radical (unpaired) electrons. The number of hydrogen-bond acceptors (Lipinski definition) is 1. The van der Waals surface area contributed by atoms with Crippen molar-refractivity contribution in [2.75, 3.05) is 0 Å². The van der Waals surface area contributed by atoms with Crippen molar-refractivity contribution >= 4 is 0 Å². The third-order valence-corrected chi connectivity index (χ3v) is 3.65. The average Bonchev–Trinajstić information content (AvgIpc) is 2.85. The van der Waals surface area contributed by atoms with Crippen molar-refractivity contribution in [1.82, 2.24) is 9.88 Å². The molecule has 1 N–H and O–H groups in total. The second kappa shape index (κ2) is 5.53. The Kier molecular flexibility index (Phi) is 4.05. The van der Waals surface area contributed by atoms with Crippen LogP contribution in [0, 0.1) is 5.92 Å². The normalized spacial score (nSPS) is 25.1. The predicted molar refractivity (Wildman–Crippen MR) is 68.4 cm³/mol. The molecular weight excluding hydrogens is 196 g/mol. The van der Waals surface area contributed by atoms with Crippen molar-refractivity contribution in [3.8, 4) is 0 Å². The molecule has 2 rings (SSSR count). The van der Waals surface area contributed by atoms with Crippen LogP contribution in [0.3, 0.4) is 0 Å². The number of aryl methyl sites for hydroxylation is 1. The lowest BCUT2D eigenvalue weighted by Gasteiger charge is -2.14. The Morgan fingerprint density at radius 3 is 3.00 bits per heavy atom. The summed E-state index contributed by atoms with van der Waals surface area (Å²) in [5.41, 5.74) is 1.43. The van der Waals surface area contributed by atoms with E-state index in [9.17, 15) is 0 Å². The largest absolute Gasteiger partial charge is 0.350 e. The first kappa shape index (κ1) is 11.7. The lowest BCUT2D eigenvalue weighted by atomic mass is 10.1. The van der Waals surface area contributed by atoms with Crippen LogP contribution in [0.5, 0.6) is 0 Å². The topological polar surface area (TPSA) is 17.0 Å². The summed E-state index contributed by atoms with van der Waals surface area (Å²) in [6.45, 7) is 6.77. The van der Waals surface area contributed by atoms with Gasteiger partial charge in [0.05, 0.1) is 0 Å². The molecule has 1 aromatic heterocycles. The van der Waals surface area contributed by atoms with Gasteiger partial charge in [0.15, 0.2) is 0 Å². The summed E-state index contributed by atoms with van der Waals surface area (Å²) in [5.74, 6) is 0.917. The molecule has 0 amide bonds. The molecule has 2 nitrogen and oxygen atoms in total. The molecule has 0 saturated heterocycles. The smallest absolute Gasteiger partial charge is 0.0361 e. The van der Waals surface area contributed by atoms with Crippen LogP contribution in [0.4, 0.5) is 0 Å². The van der Waals surface area contributed by atoms with Gasteiger partial charge in [-0.1, -0.05) is 13.8 Å². The second-order valence-corrected chi connectivity index (χ2v) is 5.19. The zero-order chi connectivity index (χ0) is 11.4. The van der Waals surface area contributed by atoms with Crippen molar-refractivity contribution in [2.45, 2.75) is 58.7 Å². The SMILES string of the molecule is CCCn1cccc1CNC1CCC(C)C1. The van der Waals surface area contributed by atoms with Gasteiger partial charge in [-0.05, 0) is 43.7 Å². The fraction of sp³-hybridized carbons (Fsp3) is 0.714. The summed E-state index contributed by atoms with van der Waals surface area (Å²) in [6.07, 6.45) is 7.51. The summed E-state index contributed by atoms with van der Waals surface area (Å²) in [4.78, 5) is 0. The maximum absolute atomic E-state index is 3.69. The summed E-state index contributed by atoms with van der Waals surface area (Å²) in [7, 11) is 0. The minimum atomic E-state index is 0.750. The molecule has 1 aliphatic rings. The van der Waals surface area contributed by atoms with Crippen LogP contribution in [0.2, 0.25) is 0 Å². The average molecular weight is 220 g/mol. The molecule has 1 aromatic rings. The van der Waals surface area contributed by atoms with Crippen LogP contribution >= 0.6 is 0 Å². The maximum atomic E-state index is 3.69. The molecule has 90 valence electrons. The van der Waals surface area contributed by atoms with Gasteiger partial charge in [-0.3, -0.25) is 0 Å². The van der Waals surface area contributed by atoms with Crippen molar-refractivity contribution in [1.29, 1.82) is 0 Å². The Labute approximate surface area is 99.0 Å². The van der Waals surface area contributed by atoms with Crippen molar-refractivity contribution in [2.24, 2.45) is 5.92 Å². The first-order chi connectivity index (χ1) is 7.79. The molecule has 1 fully saturated rings. The number of hydrogen-bond donors (Lipinski definition) is 1. The highest BCUT2D eigenvalue weighted by molar-refractivity contribution is 5.07. The van der Waals surface area contributed by atoms with Gasteiger partial charge in [-0.25, -0.2) is 0 Å². The van der Waals surface area contributed by atoms with Gasteiger partial charge in [0.2, 0.25) is 0 Å². The van der Waals surface area contributed by atoms with Crippen LogP contribution in [-0.4, -0.2) is 10.6 Å². The molecular formula is C14H24N2. The number of nitrogens with one attached hydrogen (secondary N) is 1. The van der Waals surface area contributed by atoms with E-state index in [1.807, 2.05) is 0 Å². The Morgan fingerprint density at radius 2 is 2.31 bits per heavy atom. The molecule has 0 spiro atoms. The van der Waals surface area contributed by atoms with E-state index in [1.54, 1.807) is 0 Å². The standard InChI is InChI=1S/C14H24N2/c1-3-8-16-9-4-5-14(16)11-15-13-7-6-12(2)10-13/h4-5,9,12-13,15H,3,6-8,10-11H2,1-2H3. The highest BCUT2D eigenvalue weighted by atomic mass is 15.0. The van der Waals surface area contributed by atoms with Gasteiger partial charge >= 0.3 is 0 Å². The van der Waals surface area contributed by atoms with E-state index in [-0.39, 0.29) is 0 Å². The van der Waals surface area contributed by atoms with Gasteiger partial charge in [0, 0.05) is 31.0 Å². The van der Waals surface area contributed by atoms with Gasteiger partial charge < -0.3 is 9.88 Å². The molecule has 1 aliphatic carbocycles. The first-order valence-electron chi connectivity index (χ1n) is 6.67. The molecule has 2 atom stereocenters. The molecule has 0 bridgehead atoms. The van der Waals surface area contributed by atoms with Crippen molar-refractivity contribution < 1.29 is 0 Å². The molecule has 2 heteroatoms. The molecule has 1 saturated carbocycles. The van der Waals surface area contributed by atoms with E-state index in [0.717, 1.165) is 25.0 Å². The summed E-state index contributed by atoms with van der Waals surface area (Å²) in [6, 6.07) is 5.14. The van der Waals surface area contributed by atoms with Crippen LogP contribution in [0.1, 0.15) is 45.2 Å². The van der Waals surface area contributed by atoms with Crippen LogP contribution < -0.4 is 5.32 Å². The maximum Gasteiger partial charge on any atom is 0.0361 e. The molecule has 0 aliphatic heterocycles. The lowest BCUT2D eigenvalue weighted by Crippen LogP contribution is -2.26. The van der Waals surface area contributed by atoms with Gasteiger partial charge in [-0.2, -0.15) is 0 Å². The Balaban J connectivity index is 1.82. The van der Waals surface area contributed by atoms with Crippen molar-refractivity contribution in [3.63, 3.8) is 0 Å². The van der Waals surface area contributed by atoms with E-state index in [2.05, 4.69) is 42.1 Å². The fourth-order valence-corrected chi connectivity index (χ4v) is 2.71. The zero-order valence-corrected chi connectivity index (χ0v) is 10.6. The summed E-state index contributed by atoms with van der Waals surface area (Å²) < 4.78 is 2.37. The molecule has 0 aromatic carbocycles. The fourth-order valence-electron chi connectivity index (χ4n) is 2.71. The number of aromatic nitrogens is 1. The highest BCUT2D eigenvalue weighted by Crippen LogP contribution is 2.24. The Bertz CT molecular complexity index is 316. The third kappa shape index (κ3) is 2.88. The lowest BCUT2D eigenvalue weighted by molar-refractivity contribution is 0.488. The van der Waals surface area contributed by atoms with E-state index in [1.165, 1.54) is 31.4 Å². The van der Waals surface area contributed by atoms with Crippen molar-refractivity contribution in [3.05, 3.63) is 24.0 Å². The number of nitrogens with zero attached hydrogens (tertiary/aromatic N) is 1. The van der Waals surface area contributed by atoms with Crippen LogP contribution in [-0.2, 0) is 13.1 Å². The first-order valence-corrected chi connectivity index (χ1v) is 6.67. The second-order valence-electron chi connectivity index (χ2n) is 5.19. The van der Waals surface area contributed by atoms with E-state index in [0.29, 0.717) is 0 Å². The van der Waals surface area contributed by atoms with Crippen LogP contribution in [0.25, 0.3) is 0 Å². The number of rotatable bonds is 5. The van der Waals surface area contributed by atoms with E-state index < -0.39 is 0 Å². The van der Waals surface area contributed by atoms with Crippen LogP contribution in [0.15, 0.2) is 18.3 Å². The minimum Gasteiger partial charge on any atom is -0.350 e. The van der Waals surface area contributed by atoms with Gasteiger partial charge in [0.1, 0.15) is 0 Å². The molecule has 1 heterocycles. The monoisotopic (exact) mass is 220 g/mol. The van der Waals surface area contributed by atoms with Gasteiger partial charge in [-0.15, -0.1) is 0 Å².